The highest BCUT2D eigenvalue weighted by Crippen LogP contribution is 2.18. The van der Waals surface area contributed by atoms with Crippen LogP contribution in [-0.4, -0.2) is 26.3 Å². The van der Waals surface area contributed by atoms with Crippen LogP contribution in [0, 0.1) is 3.57 Å². The van der Waals surface area contributed by atoms with E-state index < -0.39 is 15.9 Å². The standard InChI is InChI=1S/C15H16INO3S/c1-21(19,20)14-7-5-11(6-8-14)15(18)10-17-13-4-2-3-12(16)9-13/h2-9,15,17-18H,10H2,1H3. The molecule has 1 atom stereocenters. The number of rotatable bonds is 5. The van der Waals surface area contributed by atoms with Crippen LogP contribution in [0.15, 0.2) is 53.4 Å². The van der Waals surface area contributed by atoms with Crippen molar-refractivity contribution in [1.82, 2.24) is 0 Å². The molecule has 2 aromatic carbocycles. The van der Waals surface area contributed by atoms with Crippen molar-refractivity contribution in [2.45, 2.75) is 11.0 Å². The van der Waals surface area contributed by atoms with Gasteiger partial charge >= 0.3 is 0 Å². The third-order valence-electron chi connectivity index (χ3n) is 3.02. The molecular formula is C15H16INO3S. The van der Waals surface area contributed by atoms with Crippen molar-refractivity contribution < 1.29 is 13.5 Å². The van der Waals surface area contributed by atoms with Crippen molar-refractivity contribution in [1.29, 1.82) is 0 Å². The van der Waals surface area contributed by atoms with Crippen LogP contribution in [0.2, 0.25) is 0 Å². The second kappa shape index (κ2) is 6.76. The van der Waals surface area contributed by atoms with E-state index in [-0.39, 0.29) is 4.90 Å². The first kappa shape index (κ1) is 16.3. The van der Waals surface area contributed by atoms with E-state index in [1.54, 1.807) is 12.1 Å². The smallest absolute Gasteiger partial charge is 0.175 e. The predicted octanol–water partition coefficient (Wildman–Crippen LogP) is 2.84. The van der Waals surface area contributed by atoms with E-state index >= 15 is 0 Å². The molecule has 1 unspecified atom stereocenters. The summed E-state index contributed by atoms with van der Waals surface area (Å²) in [5, 5.41) is 13.3. The van der Waals surface area contributed by atoms with Crippen molar-refractivity contribution in [2.24, 2.45) is 0 Å². The van der Waals surface area contributed by atoms with Crippen LogP contribution >= 0.6 is 22.6 Å². The fourth-order valence-electron chi connectivity index (χ4n) is 1.87. The predicted molar refractivity (Wildman–Crippen MR) is 92.2 cm³/mol. The number of nitrogens with one attached hydrogen (secondary N) is 1. The average Bonchev–Trinajstić information content (AvgIpc) is 2.44. The number of anilines is 1. The number of halogens is 1. The van der Waals surface area contributed by atoms with Crippen LogP contribution in [0.4, 0.5) is 5.69 Å². The van der Waals surface area contributed by atoms with Crippen LogP contribution in [0.1, 0.15) is 11.7 Å². The van der Waals surface area contributed by atoms with Gasteiger partial charge in [0.05, 0.1) is 11.0 Å². The van der Waals surface area contributed by atoms with Crippen LogP contribution in [0.25, 0.3) is 0 Å². The maximum Gasteiger partial charge on any atom is 0.175 e. The van der Waals surface area contributed by atoms with Gasteiger partial charge in [-0.15, -0.1) is 0 Å². The number of hydrogen-bond acceptors (Lipinski definition) is 4. The number of aliphatic hydroxyl groups excluding tert-OH is 1. The summed E-state index contributed by atoms with van der Waals surface area (Å²) < 4.78 is 23.9. The van der Waals surface area contributed by atoms with Crippen molar-refractivity contribution in [3.05, 3.63) is 57.7 Å². The molecule has 0 fully saturated rings. The fourth-order valence-corrected chi connectivity index (χ4v) is 3.04. The molecule has 2 N–H and O–H groups in total. The topological polar surface area (TPSA) is 66.4 Å². The summed E-state index contributed by atoms with van der Waals surface area (Å²) in [4.78, 5) is 0.254. The Balaban J connectivity index is 2.02. The highest BCUT2D eigenvalue weighted by molar-refractivity contribution is 14.1. The van der Waals surface area contributed by atoms with Gasteiger partial charge in [0.2, 0.25) is 0 Å². The lowest BCUT2D eigenvalue weighted by Crippen LogP contribution is -2.12. The lowest BCUT2D eigenvalue weighted by Gasteiger charge is -2.13. The molecular weight excluding hydrogens is 401 g/mol. The number of sulfone groups is 1. The summed E-state index contributed by atoms with van der Waals surface area (Å²) >= 11 is 2.23. The monoisotopic (exact) mass is 417 g/mol. The summed E-state index contributed by atoms with van der Waals surface area (Å²) in [6, 6.07) is 14.2. The Morgan fingerprint density at radius 1 is 1.19 bits per heavy atom. The molecule has 0 saturated carbocycles. The second-order valence-corrected chi connectivity index (χ2v) is 8.01. The molecule has 0 aliphatic heterocycles. The zero-order chi connectivity index (χ0) is 15.5. The van der Waals surface area contributed by atoms with Crippen molar-refractivity contribution in [3.63, 3.8) is 0 Å². The van der Waals surface area contributed by atoms with Crippen LogP contribution in [0.3, 0.4) is 0 Å². The van der Waals surface area contributed by atoms with E-state index in [1.807, 2.05) is 24.3 Å². The van der Waals surface area contributed by atoms with Gasteiger partial charge in [-0.2, -0.15) is 0 Å². The SMILES string of the molecule is CS(=O)(=O)c1ccc(C(O)CNc2cccc(I)c2)cc1. The molecule has 0 bridgehead atoms. The highest BCUT2D eigenvalue weighted by atomic mass is 127. The maximum atomic E-state index is 11.4. The first-order valence-electron chi connectivity index (χ1n) is 6.34. The minimum atomic E-state index is -3.20. The van der Waals surface area contributed by atoms with Crippen LogP contribution in [-0.2, 0) is 9.84 Å². The molecule has 0 aliphatic rings. The summed E-state index contributed by atoms with van der Waals surface area (Å²) in [6.07, 6.45) is 0.466. The quantitative estimate of drug-likeness (QED) is 0.735. The summed E-state index contributed by atoms with van der Waals surface area (Å²) in [5.41, 5.74) is 1.62. The largest absolute Gasteiger partial charge is 0.387 e. The molecule has 0 heterocycles. The number of benzene rings is 2. The summed E-state index contributed by atoms with van der Waals surface area (Å²) in [7, 11) is -3.20. The van der Waals surface area contributed by atoms with Gasteiger partial charge in [0, 0.05) is 22.1 Å². The zero-order valence-corrected chi connectivity index (χ0v) is 14.4. The molecule has 21 heavy (non-hydrogen) atoms. The molecule has 6 heteroatoms. The van der Waals surface area contributed by atoms with Crippen molar-refractivity contribution in [2.75, 3.05) is 18.1 Å². The van der Waals surface area contributed by atoms with E-state index in [0.717, 1.165) is 15.5 Å². The number of hydrogen-bond donors (Lipinski definition) is 2. The van der Waals surface area contributed by atoms with Gasteiger partial charge in [-0.05, 0) is 58.5 Å². The van der Waals surface area contributed by atoms with E-state index in [1.165, 1.54) is 12.1 Å². The lowest BCUT2D eigenvalue weighted by atomic mass is 10.1. The third kappa shape index (κ3) is 4.69. The maximum absolute atomic E-state index is 11.4. The zero-order valence-electron chi connectivity index (χ0n) is 11.5. The summed E-state index contributed by atoms with van der Waals surface area (Å²) in [5.74, 6) is 0. The minimum absolute atomic E-state index is 0.254. The molecule has 0 saturated heterocycles. The van der Waals surface area contributed by atoms with Gasteiger partial charge in [0.25, 0.3) is 0 Å². The Kier molecular flexibility index (Phi) is 5.23. The Morgan fingerprint density at radius 3 is 2.43 bits per heavy atom. The normalized spacial score (nSPS) is 12.9. The lowest BCUT2D eigenvalue weighted by molar-refractivity contribution is 0.191. The average molecular weight is 417 g/mol. The molecule has 0 spiro atoms. The molecule has 112 valence electrons. The van der Waals surface area contributed by atoms with E-state index in [2.05, 4.69) is 27.9 Å². The van der Waals surface area contributed by atoms with E-state index in [9.17, 15) is 13.5 Å². The van der Waals surface area contributed by atoms with Crippen molar-refractivity contribution in [3.8, 4) is 0 Å². The molecule has 2 rings (SSSR count). The Morgan fingerprint density at radius 2 is 1.86 bits per heavy atom. The van der Waals surface area contributed by atoms with Gasteiger partial charge in [0.1, 0.15) is 0 Å². The van der Waals surface area contributed by atoms with Gasteiger partial charge in [-0.3, -0.25) is 0 Å². The van der Waals surface area contributed by atoms with E-state index in [4.69, 9.17) is 0 Å². The van der Waals surface area contributed by atoms with Crippen molar-refractivity contribution >= 4 is 38.1 Å². The minimum Gasteiger partial charge on any atom is -0.387 e. The van der Waals surface area contributed by atoms with Crippen LogP contribution < -0.4 is 5.32 Å². The summed E-state index contributed by atoms with van der Waals surface area (Å²) in [6.45, 7) is 0.359. The fraction of sp³-hybridized carbons (Fsp3) is 0.200. The molecule has 2 aromatic rings. The first-order valence-corrected chi connectivity index (χ1v) is 9.31. The van der Waals surface area contributed by atoms with Gasteiger partial charge in [-0.1, -0.05) is 18.2 Å². The Labute approximate surface area is 138 Å². The van der Waals surface area contributed by atoms with E-state index in [0.29, 0.717) is 12.1 Å². The first-order chi connectivity index (χ1) is 9.86. The molecule has 0 amide bonds. The van der Waals surface area contributed by atoms with Gasteiger partial charge in [0.15, 0.2) is 9.84 Å². The third-order valence-corrected chi connectivity index (χ3v) is 4.82. The van der Waals surface area contributed by atoms with Gasteiger partial charge < -0.3 is 10.4 Å². The second-order valence-electron chi connectivity index (χ2n) is 4.75. The number of aliphatic hydroxyl groups is 1. The Hall–Kier alpha value is -1.12. The highest BCUT2D eigenvalue weighted by Gasteiger charge is 2.10. The van der Waals surface area contributed by atoms with Gasteiger partial charge in [-0.25, -0.2) is 8.42 Å². The molecule has 0 aromatic heterocycles. The molecule has 4 nitrogen and oxygen atoms in total. The van der Waals surface area contributed by atoms with Crippen LogP contribution in [0.5, 0.6) is 0 Å². The Bertz CT molecular complexity index is 714. The molecule has 0 radical (unpaired) electrons. The molecule has 0 aliphatic carbocycles.